The summed E-state index contributed by atoms with van der Waals surface area (Å²) >= 11 is 13.9. The molecule has 0 aromatic heterocycles. The molecule has 0 unspecified atom stereocenters. The van der Waals surface area contributed by atoms with Crippen molar-refractivity contribution in [2.24, 2.45) is 0 Å². The molecular weight excluding hydrogens is 432 g/mol. The molecule has 3 aromatic rings. The molecule has 3 nitrogen and oxygen atoms in total. The maximum atomic E-state index is 13.3. The number of carbonyl (C=O) groups is 1. The van der Waals surface area contributed by atoms with E-state index in [1.807, 2.05) is 24.3 Å². The van der Waals surface area contributed by atoms with Crippen molar-refractivity contribution in [2.45, 2.75) is 12.0 Å². The maximum absolute atomic E-state index is 13.3. The third-order valence-electron chi connectivity index (χ3n) is 4.50. The highest BCUT2D eigenvalue weighted by molar-refractivity contribution is 8.00. The second kappa shape index (κ2) is 8.66. The minimum absolute atomic E-state index is 0.0323. The van der Waals surface area contributed by atoms with Gasteiger partial charge in [-0.2, -0.15) is 0 Å². The smallest absolute Gasteiger partial charge is 0.238 e. The Bertz CT molecular complexity index is 1050. The van der Waals surface area contributed by atoms with Crippen molar-refractivity contribution in [1.82, 2.24) is 0 Å². The molecule has 0 spiro atoms. The van der Waals surface area contributed by atoms with Gasteiger partial charge in [0.25, 0.3) is 0 Å². The molecule has 1 heterocycles. The highest BCUT2D eigenvalue weighted by Crippen LogP contribution is 2.43. The average molecular weight is 448 g/mol. The minimum Gasteiger partial charge on any atom is -0.487 e. The molecule has 0 saturated carbocycles. The fourth-order valence-electron chi connectivity index (χ4n) is 3.13. The number of carbonyl (C=O) groups excluding carboxylic acids is 1. The monoisotopic (exact) mass is 447 g/mol. The van der Waals surface area contributed by atoms with Crippen molar-refractivity contribution < 1.29 is 13.9 Å². The molecule has 1 atom stereocenters. The van der Waals surface area contributed by atoms with Gasteiger partial charge in [-0.3, -0.25) is 9.69 Å². The molecule has 1 fully saturated rings. The van der Waals surface area contributed by atoms with E-state index in [9.17, 15) is 9.18 Å². The molecule has 3 aromatic carbocycles. The Balaban J connectivity index is 1.53. The van der Waals surface area contributed by atoms with Crippen LogP contribution in [0, 0.1) is 5.82 Å². The van der Waals surface area contributed by atoms with Crippen LogP contribution in [0.4, 0.5) is 10.1 Å². The van der Waals surface area contributed by atoms with Gasteiger partial charge in [-0.25, -0.2) is 4.39 Å². The highest BCUT2D eigenvalue weighted by Gasteiger charge is 2.34. The van der Waals surface area contributed by atoms with Gasteiger partial charge < -0.3 is 4.74 Å². The van der Waals surface area contributed by atoms with Crippen molar-refractivity contribution in [1.29, 1.82) is 0 Å². The lowest BCUT2D eigenvalue weighted by atomic mass is 10.1. The largest absolute Gasteiger partial charge is 0.487 e. The van der Waals surface area contributed by atoms with Crippen LogP contribution in [0.1, 0.15) is 16.5 Å². The summed E-state index contributed by atoms with van der Waals surface area (Å²) in [6.45, 7) is 0.213. The van der Waals surface area contributed by atoms with Gasteiger partial charge in [0.15, 0.2) is 0 Å². The van der Waals surface area contributed by atoms with E-state index >= 15 is 0 Å². The summed E-state index contributed by atoms with van der Waals surface area (Å²) in [6.07, 6.45) is 0. The van der Waals surface area contributed by atoms with Crippen LogP contribution in [0.2, 0.25) is 10.0 Å². The zero-order valence-corrected chi connectivity index (χ0v) is 17.5. The van der Waals surface area contributed by atoms with E-state index < -0.39 is 0 Å². The summed E-state index contributed by atoms with van der Waals surface area (Å²) in [6, 6.07) is 18.9. The number of amides is 1. The summed E-state index contributed by atoms with van der Waals surface area (Å²) in [5.74, 6) is 0.623. The Morgan fingerprint density at radius 2 is 1.86 bits per heavy atom. The van der Waals surface area contributed by atoms with Crippen LogP contribution < -0.4 is 9.64 Å². The first kappa shape index (κ1) is 20.1. The lowest BCUT2D eigenvalue weighted by molar-refractivity contribution is -0.115. The Labute approximate surface area is 182 Å². The van der Waals surface area contributed by atoms with E-state index in [1.165, 1.54) is 23.9 Å². The number of nitrogens with zero attached hydrogens (tertiary/aromatic N) is 1. The SMILES string of the molecule is O=C1CS[C@@H](c2ccc(OCc3cccc(F)c3)c(Cl)c2)N1c1ccc(Cl)cc1. The van der Waals surface area contributed by atoms with Crippen LogP contribution in [0.5, 0.6) is 5.75 Å². The maximum Gasteiger partial charge on any atom is 0.238 e. The van der Waals surface area contributed by atoms with Crippen LogP contribution in [0.25, 0.3) is 0 Å². The minimum atomic E-state index is -0.308. The zero-order chi connectivity index (χ0) is 20.4. The number of hydrogen-bond acceptors (Lipinski definition) is 3. The van der Waals surface area contributed by atoms with Crippen molar-refractivity contribution in [3.05, 3.63) is 93.7 Å². The van der Waals surface area contributed by atoms with Gasteiger partial charge in [-0.15, -0.1) is 11.8 Å². The lowest BCUT2D eigenvalue weighted by Gasteiger charge is -2.25. The molecule has 7 heteroatoms. The molecular formula is C22H16Cl2FNO2S. The molecule has 4 rings (SSSR count). The molecule has 29 heavy (non-hydrogen) atoms. The third kappa shape index (κ3) is 4.53. The van der Waals surface area contributed by atoms with Crippen LogP contribution in [-0.4, -0.2) is 11.7 Å². The second-order valence-corrected chi connectivity index (χ2v) is 8.42. The van der Waals surface area contributed by atoms with E-state index in [4.69, 9.17) is 27.9 Å². The van der Waals surface area contributed by atoms with Gasteiger partial charge in [-0.05, 0) is 59.7 Å². The average Bonchev–Trinajstić information content (AvgIpc) is 3.09. The van der Waals surface area contributed by atoms with E-state index in [1.54, 1.807) is 35.2 Å². The van der Waals surface area contributed by atoms with Gasteiger partial charge in [0.05, 0.1) is 10.8 Å². The molecule has 148 valence electrons. The molecule has 0 radical (unpaired) electrons. The fourth-order valence-corrected chi connectivity index (χ4v) is 4.66. The molecule has 0 N–H and O–H groups in total. The van der Waals surface area contributed by atoms with Gasteiger partial charge in [0.1, 0.15) is 23.5 Å². The van der Waals surface area contributed by atoms with Crippen molar-refractivity contribution >= 4 is 46.6 Å². The van der Waals surface area contributed by atoms with E-state index in [-0.39, 0.29) is 23.7 Å². The Morgan fingerprint density at radius 1 is 1.07 bits per heavy atom. The van der Waals surface area contributed by atoms with Crippen LogP contribution in [0.3, 0.4) is 0 Å². The van der Waals surface area contributed by atoms with Gasteiger partial charge >= 0.3 is 0 Å². The summed E-state index contributed by atoms with van der Waals surface area (Å²) in [5.41, 5.74) is 2.41. The first-order valence-electron chi connectivity index (χ1n) is 8.87. The topological polar surface area (TPSA) is 29.5 Å². The summed E-state index contributed by atoms with van der Waals surface area (Å²) in [4.78, 5) is 14.2. The fraction of sp³-hybridized carbons (Fsp3) is 0.136. The number of benzene rings is 3. The highest BCUT2D eigenvalue weighted by atomic mass is 35.5. The normalized spacial score (nSPS) is 16.3. The Morgan fingerprint density at radius 3 is 2.59 bits per heavy atom. The van der Waals surface area contributed by atoms with Crippen LogP contribution >= 0.6 is 35.0 Å². The number of thioether (sulfide) groups is 1. The van der Waals surface area contributed by atoms with E-state index in [0.29, 0.717) is 21.5 Å². The summed E-state index contributed by atoms with van der Waals surface area (Å²) < 4.78 is 19.0. The Kier molecular flexibility index (Phi) is 5.99. The summed E-state index contributed by atoms with van der Waals surface area (Å²) in [5, 5.41) is 0.876. The van der Waals surface area contributed by atoms with Crippen LogP contribution in [-0.2, 0) is 11.4 Å². The number of anilines is 1. The molecule has 0 bridgehead atoms. The quantitative estimate of drug-likeness (QED) is 0.447. The van der Waals surface area contributed by atoms with Gasteiger partial charge in [-0.1, -0.05) is 41.4 Å². The molecule has 0 aliphatic carbocycles. The van der Waals surface area contributed by atoms with Gasteiger partial charge in [0, 0.05) is 10.7 Å². The van der Waals surface area contributed by atoms with Crippen molar-refractivity contribution in [3.8, 4) is 5.75 Å². The molecule has 1 saturated heterocycles. The second-order valence-electron chi connectivity index (χ2n) is 6.51. The lowest BCUT2D eigenvalue weighted by Crippen LogP contribution is -2.27. The predicted molar refractivity (Wildman–Crippen MR) is 116 cm³/mol. The van der Waals surface area contributed by atoms with E-state index in [2.05, 4.69) is 0 Å². The van der Waals surface area contributed by atoms with E-state index in [0.717, 1.165) is 16.8 Å². The number of ether oxygens (including phenoxy) is 1. The molecule has 1 amide bonds. The molecule has 1 aliphatic heterocycles. The molecule has 1 aliphatic rings. The summed E-state index contributed by atoms with van der Waals surface area (Å²) in [7, 11) is 0. The third-order valence-corrected chi connectivity index (χ3v) is 6.26. The van der Waals surface area contributed by atoms with Crippen LogP contribution in [0.15, 0.2) is 66.7 Å². The Hall–Kier alpha value is -2.21. The number of rotatable bonds is 5. The predicted octanol–water partition coefficient (Wildman–Crippen LogP) is 6.49. The number of halogens is 3. The first-order chi connectivity index (χ1) is 14.0. The number of hydrogen-bond donors (Lipinski definition) is 0. The van der Waals surface area contributed by atoms with Gasteiger partial charge in [0.2, 0.25) is 5.91 Å². The van der Waals surface area contributed by atoms with Crippen molar-refractivity contribution in [2.75, 3.05) is 10.7 Å². The van der Waals surface area contributed by atoms with Crippen molar-refractivity contribution in [3.63, 3.8) is 0 Å². The standard InChI is InChI=1S/C22H16Cl2FNO2S/c23-16-5-7-18(8-6-16)26-21(27)13-29-22(26)15-4-9-20(19(24)11-15)28-12-14-2-1-3-17(25)10-14/h1-11,22H,12-13H2/t22-/m0/s1. The first-order valence-corrected chi connectivity index (χ1v) is 10.7. The zero-order valence-electron chi connectivity index (χ0n) is 15.1.